The van der Waals surface area contributed by atoms with Gasteiger partial charge in [0.1, 0.15) is 18.3 Å². The standard InChI is InChI=1S/C33H54O9/c1-20(29(37)32-31(42-32)23(4)24(5)39-8)13-9-10-14-21(2)30-22(3)15-11-12-16-27(40-25(6)34)33(7,38)18-17-26(35)19-28(36)41-30/h9,11-14,20,22-24,26-27,29-32,35,37-38H,10,15-19H2,1-8H3/b12-11+,13-9+,21-14+. The molecule has 3 N–H and O–H groups in total. The summed E-state index contributed by atoms with van der Waals surface area (Å²) in [6.07, 6.45) is 8.49. The summed E-state index contributed by atoms with van der Waals surface area (Å²) in [7, 11) is 1.68. The molecule has 1 fully saturated rings. The van der Waals surface area contributed by atoms with Crippen LogP contribution in [-0.4, -0.2) is 82.7 Å². The van der Waals surface area contributed by atoms with E-state index in [-0.39, 0.29) is 55.3 Å². The Balaban J connectivity index is 2.05. The molecule has 0 aromatic heterocycles. The van der Waals surface area contributed by atoms with Gasteiger partial charge in [-0.2, -0.15) is 0 Å². The fraction of sp³-hybridized carbons (Fsp3) is 0.758. The Bertz CT molecular complexity index is 955. The summed E-state index contributed by atoms with van der Waals surface area (Å²) in [6.45, 7) is 12.8. The lowest BCUT2D eigenvalue weighted by molar-refractivity contribution is -0.162. The number of esters is 2. The molecule has 11 atom stereocenters. The number of cyclic esters (lactones) is 1. The van der Waals surface area contributed by atoms with Crippen molar-refractivity contribution in [1.82, 2.24) is 0 Å². The number of aliphatic hydroxyl groups excluding tert-OH is 2. The molecule has 9 heteroatoms. The Morgan fingerprint density at radius 2 is 1.86 bits per heavy atom. The minimum absolute atomic E-state index is 0.00726. The maximum absolute atomic E-state index is 12.8. The van der Waals surface area contributed by atoms with E-state index in [4.69, 9.17) is 18.9 Å². The van der Waals surface area contributed by atoms with Crippen molar-refractivity contribution in [2.45, 2.75) is 135 Å². The van der Waals surface area contributed by atoms with Crippen molar-refractivity contribution >= 4 is 11.9 Å². The fourth-order valence-electron chi connectivity index (χ4n) is 5.44. The van der Waals surface area contributed by atoms with Crippen LogP contribution in [0.1, 0.15) is 87.0 Å². The Hall–Kier alpha value is -2.04. The zero-order chi connectivity index (χ0) is 31.6. The number of carbonyl (C=O) groups is 2. The van der Waals surface area contributed by atoms with Gasteiger partial charge in [0, 0.05) is 38.2 Å². The van der Waals surface area contributed by atoms with Gasteiger partial charge in [0.25, 0.3) is 0 Å². The van der Waals surface area contributed by atoms with Crippen LogP contribution >= 0.6 is 0 Å². The Kier molecular flexibility index (Phi) is 14.4. The molecule has 0 saturated carbocycles. The van der Waals surface area contributed by atoms with E-state index in [1.807, 2.05) is 58.1 Å². The molecule has 11 unspecified atom stereocenters. The van der Waals surface area contributed by atoms with Crippen LogP contribution in [0, 0.1) is 17.8 Å². The molecule has 0 spiro atoms. The zero-order valence-electron chi connectivity index (χ0n) is 26.7. The quantitative estimate of drug-likeness (QED) is 0.191. The predicted molar refractivity (Wildman–Crippen MR) is 160 cm³/mol. The van der Waals surface area contributed by atoms with Gasteiger partial charge in [0.05, 0.1) is 36.4 Å². The first-order valence-electron chi connectivity index (χ1n) is 15.3. The number of ether oxygens (including phenoxy) is 4. The van der Waals surface area contributed by atoms with E-state index >= 15 is 0 Å². The molecule has 0 radical (unpaired) electrons. The summed E-state index contributed by atoms with van der Waals surface area (Å²) >= 11 is 0. The zero-order valence-corrected chi connectivity index (χ0v) is 26.7. The van der Waals surface area contributed by atoms with Crippen LogP contribution in [0.5, 0.6) is 0 Å². The minimum atomic E-state index is -1.35. The normalized spacial score (nSPS) is 35.4. The van der Waals surface area contributed by atoms with Crippen molar-refractivity contribution in [1.29, 1.82) is 0 Å². The highest BCUT2D eigenvalue weighted by Crippen LogP contribution is 2.37. The molecular formula is C33H54O9. The molecule has 9 nitrogen and oxygen atoms in total. The van der Waals surface area contributed by atoms with Crippen LogP contribution in [0.2, 0.25) is 0 Å². The molecule has 2 aliphatic heterocycles. The second-order valence-corrected chi connectivity index (χ2v) is 12.5. The van der Waals surface area contributed by atoms with Gasteiger partial charge in [-0.15, -0.1) is 0 Å². The molecule has 2 rings (SSSR count). The van der Waals surface area contributed by atoms with Crippen LogP contribution in [0.15, 0.2) is 36.0 Å². The second-order valence-electron chi connectivity index (χ2n) is 12.5. The van der Waals surface area contributed by atoms with E-state index in [0.29, 0.717) is 19.3 Å². The number of epoxide rings is 1. The topological polar surface area (TPSA) is 135 Å². The minimum Gasteiger partial charge on any atom is -0.459 e. The molecule has 0 aliphatic carbocycles. The lowest BCUT2D eigenvalue weighted by atomic mass is 9.88. The predicted octanol–water partition coefficient (Wildman–Crippen LogP) is 4.43. The van der Waals surface area contributed by atoms with Gasteiger partial charge in [0.15, 0.2) is 0 Å². The van der Waals surface area contributed by atoms with Crippen LogP contribution in [-0.2, 0) is 28.5 Å². The fourth-order valence-corrected chi connectivity index (χ4v) is 5.44. The van der Waals surface area contributed by atoms with E-state index in [2.05, 4.69) is 6.92 Å². The lowest BCUT2D eigenvalue weighted by Gasteiger charge is -2.32. The number of allylic oxidation sites excluding steroid dienone is 3. The summed E-state index contributed by atoms with van der Waals surface area (Å²) in [5, 5.41) is 32.2. The first-order valence-corrected chi connectivity index (χ1v) is 15.3. The van der Waals surface area contributed by atoms with Crippen LogP contribution in [0.4, 0.5) is 0 Å². The summed E-state index contributed by atoms with van der Waals surface area (Å²) in [5.74, 6) is -0.940. The molecule has 2 heterocycles. The van der Waals surface area contributed by atoms with Gasteiger partial charge in [-0.05, 0) is 52.0 Å². The Morgan fingerprint density at radius 1 is 1.19 bits per heavy atom. The third-order valence-corrected chi connectivity index (χ3v) is 8.72. The van der Waals surface area contributed by atoms with Crippen LogP contribution in [0.25, 0.3) is 0 Å². The van der Waals surface area contributed by atoms with Crippen molar-refractivity contribution in [3.63, 3.8) is 0 Å². The van der Waals surface area contributed by atoms with E-state index in [1.54, 1.807) is 14.0 Å². The number of methoxy groups -OCH3 is 1. The molecule has 0 aromatic carbocycles. The van der Waals surface area contributed by atoms with E-state index < -0.39 is 42.0 Å². The lowest BCUT2D eigenvalue weighted by Crippen LogP contribution is -2.42. The molecule has 240 valence electrons. The molecule has 42 heavy (non-hydrogen) atoms. The maximum atomic E-state index is 12.8. The van der Waals surface area contributed by atoms with Crippen molar-refractivity contribution < 1.29 is 43.9 Å². The average Bonchev–Trinajstić information content (AvgIpc) is 3.73. The molecule has 0 bridgehead atoms. The largest absolute Gasteiger partial charge is 0.459 e. The third kappa shape index (κ3) is 11.2. The summed E-state index contributed by atoms with van der Waals surface area (Å²) in [5.41, 5.74) is -0.453. The van der Waals surface area contributed by atoms with E-state index in [0.717, 1.165) is 5.57 Å². The number of aliphatic hydroxyl groups is 3. The first kappa shape index (κ1) is 36.2. The van der Waals surface area contributed by atoms with Crippen molar-refractivity contribution in [2.24, 2.45) is 17.8 Å². The van der Waals surface area contributed by atoms with Gasteiger partial charge < -0.3 is 34.3 Å². The van der Waals surface area contributed by atoms with Gasteiger partial charge >= 0.3 is 11.9 Å². The molecule has 1 saturated heterocycles. The number of carbonyl (C=O) groups excluding carboxylic acids is 2. The van der Waals surface area contributed by atoms with Crippen LogP contribution in [0.3, 0.4) is 0 Å². The van der Waals surface area contributed by atoms with E-state index in [1.165, 1.54) is 6.92 Å². The van der Waals surface area contributed by atoms with Gasteiger partial charge in [-0.3, -0.25) is 9.59 Å². The molecule has 0 amide bonds. The summed E-state index contributed by atoms with van der Waals surface area (Å²) < 4.78 is 22.4. The summed E-state index contributed by atoms with van der Waals surface area (Å²) in [6, 6.07) is 0. The SMILES string of the molecule is COC(C)C(C)C1OC1C(O)C(C)/C=C/C/C=C(\C)C1OC(=O)CC(O)CCC(C)(O)C(OC(C)=O)C/C=C/CC1C. The highest BCUT2D eigenvalue weighted by atomic mass is 16.6. The smallest absolute Gasteiger partial charge is 0.309 e. The van der Waals surface area contributed by atoms with Crippen molar-refractivity contribution in [3.8, 4) is 0 Å². The maximum Gasteiger partial charge on any atom is 0.309 e. The number of rotatable bonds is 10. The highest BCUT2D eigenvalue weighted by molar-refractivity contribution is 5.70. The Morgan fingerprint density at radius 3 is 2.50 bits per heavy atom. The second kappa shape index (κ2) is 16.7. The van der Waals surface area contributed by atoms with Crippen LogP contribution < -0.4 is 0 Å². The molecular weight excluding hydrogens is 540 g/mol. The first-order chi connectivity index (χ1) is 19.7. The summed E-state index contributed by atoms with van der Waals surface area (Å²) in [4.78, 5) is 24.4. The van der Waals surface area contributed by atoms with E-state index in [9.17, 15) is 24.9 Å². The van der Waals surface area contributed by atoms with Gasteiger partial charge in [-0.25, -0.2) is 0 Å². The van der Waals surface area contributed by atoms with Crippen molar-refractivity contribution in [2.75, 3.05) is 7.11 Å². The van der Waals surface area contributed by atoms with Crippen molar-refractivity contribution in [3.05, 3.63) is 36.0 Å². The number of hydrogen-bond donors (Lipinski definition) is 3. The highest BCUT2D eigenvalue weighted by Gasteiger charge is 2.50. The monoisotopic (exact) mass is 594 g/mol. The Labute approximate surface area is 251 Å². The average molecular weight is 595 g/mol. The van der Waals surface area contributed by atoms with Gasteiger partial charge in [-0.1, -0.05) is 51.2 Å². The van der Waals surface area contributed by atoms with Gasteiger partial charge in [0.2, 0.25) is 0 Å². The molecule has 0 aromatic rings. The third-order valence-electron chi connectivity index (χ3n) is 8.72. The molecule has 2 aliphatic rings. The number of hydrogen-bond acceptors (Lipinski definition) is 9.